The third-order valence-corrected chi connectivity index (χ3v) is 6.99. The highest BCUT2D eigenvalue weighted by atomic mass is 35.5. The smallest absolute Gasteiger partial charge is 0.417 e. The van der Waals surface area contributed by atoms with Crippen LogP contribution in [0.2, 0.25) is 5.15 Å². The van der Waals surface area contributed by atoms with Crippen molar-refractivity contribution in [3.63, 3.8) is 0 Å². The topological polar surface area (TPSA) is 162 Å². The summed E-state index contributed by atoms with van der Waals surface area (Å²) in [4.78, 5) is 38.4. The van der Waals surface area contributed by atoms with Crippen LogP contribution in [-0.2, 0) is 6.18 Å². The van der Waals surface area contributed by atoms with Gasteiger partial charge >= 0.3 is 12.1 Å². The normalized spacial score (nSPS) is 14.2. The Kier molecular flexibility index (Phi) is 11.8. The number of carbonyl (C=O) groups is 3. The van der Waals surface area contributed by atoms with Crippen LogP contribution in [0.25, 0.3) is 0 Å². The second kappa shape index (κ2) is 15.1. The van der Waals surface area contributed by atoms with Crippen LogP contribution in [0.1, 0.15) is 64.1 Å². The summed E-state index contributed by atoms with van der Waals surface area (Å²) in [6.07, 6.45) is -4.75. The maximum absolute atomic E-state index is 13.3. The van der Waals surface area contributed by atoms with Gasteiger partial charge in [0.1, 0.15) is 0 Å². The molecule has 16 heteroatoms. The van der Waals surface area contributed by atoms with Crippen LogP contribution in [0.15, 0.2) is 48.5 Å². The molecule has 242 valence electrons. The molecule has 45 heavy (non-hydrogen) atoms. The van der Waals surface area contributed by atoms with Crippen molar-refractivity contribution in [2.45, 2.75) is 39.5 Å². The van der Waals surface area contributed by atoms with Crippen molar-refractivity contribution in [3.05, 3.63) is 76.2 Å². The maximum Gasteiger partial charge on any atom is 0.417 e. The van der Waals surface area contributed by atoms with Crippen molar-refractivity contribution in [2.75, 3.05) is 37.6 Å². The number of aromatic nitrogens is 4. The van der Waals surface area contributed by atoms with Crippen LogP contribution in [0.5, 0.6) is 0 Å². The van der Waals surface area contributed by atoms with Crippen LogP contribution in [0.4, 0.5) is 19.0 Å². The molecule has 1 fully saturated rings. The maximum atomic E-state index is 13.3. The number of hydrogen-bond acceptors (Lipinski definition) is 9. The standard InChI is InChI=1S/C24H30F3N5O3.C5H3ClN2O2/c1-23(2,3)19(33)10-11-28-21(34)18-8-9-20(30-29-18)31-12-14-32(15-13-31)22(35)16-6-4-5-7-17(16)24(25,26)27;6-4-2-1-3(5(9)10)7-8-4/h4-9,19,33H,10-15H2,1-3H3,(H,28,34);1-2H,(H,9,10). The number of rotatable bonds is 7. The molecule has 1 aliphatic rings. The first-order chi connectivity index (χ1) is 21.1. The molecule has 3 heterocycles. The van der Waals surface area contributed by atoms with E-state index in [9.17, 15) is 32.7 Å². The monoisotopic (exact) mass is 651 g/mol. The van der Waals surface area contributed by atoms with Gasteiger partial charge in [0.2, 0.25) is 0 Å². The van der Waals surface area contributed by atoms with Gasteiger partial charge in [-0.05, 0) is 48.2 Å². The van der Waals surface area contributed by atoms with Gasteiger partial charge in [0.15, 0.2) is 22.4 Å². The molecule has 1 unspecified atom stereocenters. The van der Waals surface area contributed by atoms with Crippen molar-refractivity contribution in [3.8, 4) is 0 Å². The van der Waals surface area contributed by atoms with Crippen LogP contribution in [0.3, 0.4) is 0 Å². The molecule has 0 bridgehead atoms. The summed E-state index contributed by atoms with van der Waals surface area (Å²) in [5.74, 6) is -1.66. The molecule has 12 nitrogen and oxygen atoms in total. The molecule has 1 aliphatic heterocycles. The number of piperazine rings is 1. The fourth-order valence-electron chi connectivity index (χ4n) is 4.12. The Morgan fingerprint density at radius 2 is 1.53 bits per heavy atom. The average Bonchev–Trinajstić information content (AvgIpc) is 3.00. The van der Waals surface area contributed by atoms with Crippen molar-refractivity contribution in [1.82, 2.24) is 30.6 Å². The summed E-state index contributed by atoms with van der Waals surface area (Å²) in [7, 11) is 0. The van der Waals surface area contributed by atoms with Crippen molar-refractivity contribution >= 4 is 35.2 Å². The molecule has 0 saturated carbocycles. The molecule has 0 spiro atoms. The van der Waals surface area contributed by atoms with Crippen molar-refractivity contribution in [1.29, 1.82) is 0 Å². The Morgan fingerprint density at radius 1 is 0.911 bits per heavy atom. The molecule has 2 amide bonds. The predicted octanol–water partition coefficient (Wildman–Crippen LogP) is 3.81. The lowest BCUT2D eigenvalue weighted by Gasteiger charge is -2.35. The highest BCUT2D eigenvalue weighted by molar-refractivity contribution is 6.29. The van der Waals surface area contributed by atoms with Crippen molar-refractivity contribution < 1.29 is 37.8 Å². The Hall–Kier alpha value is -4.37. The molecule has 1 atom stereocenters. The summed E-state index contributed by atoms with van der Waals surface area (Å²) in [6, 6.07) is 10.6. The summed E-state index contributed by atoms with van der Waals surface area (Å²) in [5.41, 5.74) is -1.55. The minimum absolute atomic E-state index is 0.107. The lowest BCUT2D eigenvalue weighted by atomic mass is 9.87. The number of aliphatic hydroxyl groups excluding tert-OH is 1. The number of carboxylic acids is 1. The Balaban J connectivity index is 0.000000468. The van der Waals surface area contributed by atoms with E-state index in [1.807, 2.05) is 25.7 Å². The number of amides is 2. The van der Waals surface area contributed by atoms with Gasteiger partial charge < -0.3 is 25.3 Å². The first-order valence-corrected chi connectivity index (χ1v) is 14.2. The van der Waals surface area contributed by atoms with E-state index < -0.39 is 35.6 Å². The number of alkyl halides is 3. The fourth-order valence-corrected chi connectivity index (χ4v) is 4.22. The molecule has 0 aliphatic carbocycles. The first-order valence-electron chi connectivity index (χ1n) is 13.8. The number of carboxylic acid groups (broad SMARTS) is 1. The minimum atomic E-state index is -4.61. The largest absolute Gasteiger partial charge is 0.476 e. The van der Waals surface area contributed by atoms with Gasteiger partial charge in [-0.25, -0.2) is 4.79 Å². The van der Waals surface area contributed by atoms with Gasteiger partial charge in [0, 0.05) is 32.7 Å². The van der Waals surface area contributed by atoms with Crippen LogP contribution in [0, 0.1) is 5.41 Å². The number of carbonyl (C=O) groups excluding carboxylic acids is 2. The lowest BCUT2D eigenvalue weighted by molar-refractivity contribution is -0.138. The van der Waals surface area contributed by atoms with Gasteiger partial charge in [-0.3, -0.25) is 9.59 Å². The quantitative estimate of drug-likeness (QED) is 0.343. The Morgan fingerprint density at radius 3 is 2.07 bits per heavy atom. The van der Waals surface area contributed by atoms with Gasteiger partial charge in [-0.1, -0.05) is 44.5 Å². The Labute approximate surface area is 262 Å². The predicted molar refractivity (Wildman–Crippen MR) is 158 cm³/mol. The van der Waals surface area contributed by atoms with Gasteiger partial charge in [0.25, 0.3) is 11.8 Å². The van der Waals surface area contributed by atoms with E-state index in [-0.39, 0.29) is 40.6 Å². The number of benzene rings is 1. The number of hydrogen-bond donors (Lipinski definition) is 3. The highest BCUT2D eigenvalue weighted by Gasteiger charge is 2.36. The molecule has 3 N–H and O–H groups in total. The van der Waals surface area contributed by atoms with E-state index in [2.05, 4.69) is 25.7 Å². The minimum Gasteiger partial charge on any atom is -0.476 e. The van der Waals surface area contributed by atoms with E-state index in [1.165, 1.54) is 41.3 Å². The molecular formula is C29H33ClF3N7O5. The third kappa shape index (κ3) is 10.1. The van der Waals surface area contributed by atoms with Gasteiger partial charge in [-0.2, -0.15) is 13.2 Å². The van der Waals surface area contributed by atoms with E-state index in [0.717, 1.165) is 6.07 Å². The number of nitrogens with one attached hydrogen (secondary N) is 1. The van der Waals surface area contributed by atoms with Gasteiger partial charge in [-0.15, -0.1) is 20.4 Å². The van der Waals surface area contributed by atoms with Crippen LogP contribution in [-0.4, -0.2) is 92.1 Å². The molecule has 1 saturated heterocycles. The van der Waals surface area contributed by atoms with E-state index in [4.69, 9.17) is 16.7 Å². The summed E-state index contributed by atoms with van der Waals surface area (Å²) >= 11 is 5.35. The molecule has 3 aromatic rings. The van der Waals surface area contributed by atoms with E-state index in [0.29, 0.717) is 31.9 Å². The first kappa shape index (κ1) is 35.1. The summed E-state index contributed by atoms with van der Waals surface area (Å²) in [5, 5.41) is 36.0. The lowest BCUT2D eigenvalue weighted by Crippen LogP contribution is -2.49. The zero-order valence-corrected chi connectivity index (χ0v) is 25.5. The third-order valence-electron chi connectivity index (χ3n) is 6.79. The second-order valence-electron chi connectivity index (χ2n) is 11.1. The summed E-state index contributed by atoms with van der Waals surface area (Å²) < 4.78 is 39.8. The van der Waals surface area contributed by atoms with Crippen molar-refractivity contribution in [2.24, 2.45) is 5.41 Å². The number of nitrogens with zero attached hydrogens (tertiary/aromatic N) is 6. The highest BCUT2D eigenvalue weighted by Crippen LogP contribution is 2.32. The fraction of sp³-hybridized carbons (Fsp3) is 0.414. The van der Waals surface area contributed by atoms with E-state index in [1.54, 1.807) is 6.07 Å². The van der Waals surface area contributed by atoms with E-state index >= 15 is 0 Å². The van der Waals surface area contributed by atoms with Crippen LogP contribution < -0.4 is 10.2 Å². The number of aromatic carboxylic acids is 1. The van der Waals surface area contributed by atoms with Crippen LogP contribution >= 0.6 is 11.6 Å². The number of anilines is 1. The Bertz CT molecular complexity index is 1460. The average molecular weight is 652 g/mol. The summed E-state index contributed by atoms with van der Waals surface area (Å²) in [6.45, 7) is 7.24. The zero-order chi connectivity index (χ0) is 33.4. The molecular weight excluding hydrogens is 619 g/mol. The zero-order valence-electron chi connectivity index (χ0n) is 24.8. The molecule has 4 rings (SSSR count). The molecule has 1 aromatic carbocycles. The second-order valence-corrected chi connectivity index (χ2v) is 11.5. The number of aliphatic hydroxyl groups is 1. The van der Waals surface area contributed by atoms with Gasteiger partial charge in [0.05, 0.1) is 17.2 Å². The molecule has 2 aromatic heterocycles. The SMILES string of the molecule is CC(C)(C)C(O)CCNC(=O)c1ccc(N2CCN(C(=O)c3ccccc3C(F)(F)F)CC2)nn1.O=C(O)c1ccc(Cl)nn1. The molecule has 0 radical (unpaired) electrons. The number of halogens is 4.